The second kappa shape index (κ2) is 3.72. The van der Waals surface area contributed by atoms with Crippen molar-refractivity contribution >= 4 is 5.91 Å². The summed E-state index contributed by atoms with van der Waals surface area (Å²) in [5.74, 6) is 0.0871. The van der Waals surface area contributed by atoms with E-state index >= 15 is 0 Å². The fourth-order valence-electron chi connectivity index (χ4n) is 1.42. The zero-order chi connectivity index (χ0) is 8.27. The summed E-state index contributed by atoms with van der Waals surface area (Å²) < 4.78 is 0. The topological polar surface area (TPSA) is 49.3 Å². The van der Waals surface area contributed by atoms with Crippen molar-refractivity contribution in [3.8, 4) is 0 Å². The highest BCUT2D eigenvalue weighted by Gasteiger charge is 2.23. The smallest absolute Gasteiger partial charge is 0.219 e. The molecular weight excluding hydrogens is 142 g/mol. The minimum absolute atomic E-state index is 0.0871. The van der Waals surface area contributed by atoms with E-state index in [2.05, 4.69) is 5.32 Å². The van der Waals surface area contributed by atoms with Gasteiger partial charge in [0.1, 0.15) is 0 Å². The van der Waals surface area contributed by atoms with E-state index in [0.29, 0.717) is 6.42 Å². The van der Waals surface area contributed by atoms with Crippen molar-refractivity contribution in [2.24, 2.45) is 0 Å². The molecule has 1 aliphatic rings. The van der Waals surface area contributed by atoms with E-state index in [0.717, 1.165) is 19.3 Å². The van der Waals surface area contributed by atoms with Crippen molar-refractivity contribution in [3.05, 3.63) is 0 Å². The first-order valence-corrected chi connectivity index (χ1v) is 4.19. The molecule has 0 spiro atoms. The van der Waals surface area contributed by atoms with Crippen molar-refractivity contribution in [3.63, 3.8) is 0 Å². The van der Waals surface area contributed by atoms with Gasteiger partial charge in [0, 0.05) is 12.5 Å². The number of nitrogens with one attached hydrogen (secondary N) is 1. The quantitative estimate of drug-likeness (QED) is 0.610. The van der Waals surface area contributed by atoms with Crippen LogP contribution in [0.5, 0.6) is 0 Å². The van der Waals surface area contributed by atoms with Crippen molar-refractivity contribution < 1.29 is 9.90 Å². The maximum Gasteiger partial charge on any atom is 0.219 e. The molecule has 3 heteroatoms. The molecule has 0 radical (unpaired) electrons. The van der Waals surface area contributed by atoms with Gasteiger partial charge in [0.05, 0.1) is 6.10 Å². The normalized spacial score (nSPS) is 30.4. The molecule has 1 amide bonds. The predicted octanol–water partition coefficient (Wildman–Crippen LogP) is 0.426. The number of aliphatic hydroxyl groups is 1. The van der Waals surface area contributed by atoms with E-state index in [-0.39, 0.29) is 18.1 Å². The third-order valence-corrected chi connectivity index (χ3v) is 2.09. The molecule has 0 aliphatic heterocycles. The van der Waals surface area contributed by atoms with Crippen LogP contribution >= 0.6 is 0 Å². The van der Waals surface area contributed by atoms with Crippen molar-refractivity contribution in [1.82, 2.24) is 5.32 Å². The molecule has 1 aliphatic carbocycles. The second-order valence-corrected chi connectivity index (χ2v) is 3.08. The van der Waals surface area contributed by atoms with Crippen LogP contribution in [0.1, 0.15) is 32.6 Å². The monoisotopic (exact) mass is 157 g/mol. The van der Waals surface area contributed by atoms with Crippen molar-refractivity contribution in [1.29, 1.82) is 0 Å². The Morgan fingerprint density at radius 1 is 1.64 bits per heavy atom. The fourth-order valence-corrected chi connectivity index (χ4v) is 1.42. The van der Waals surface area contributed by atoms with Gasteiger partial charge in [0.2, 0.25) is 5.91 Å². The minimum atomic E-state index is -0.197. The number of hydrogen-bond acceptors (Lipinski definition) is 2. The summed E-state index contributed by atoms with van der Waals surface area (Å²) in [5.41, 5.74) is 0. The first-order chi connectivity index (χ1) is 5.22. The number of rotatable bonds is 2. The molecule has 0 bridgehead atoms. The average molecular weight is 157 g/mol. The molecule has 0 saturated heterocycles. The van der Waals surface area contributed by atoms with Gasteiger partial charge in [-0.15, -0.1) is 0 Å². The maximum absolute atomic E-state index is 10.9. The second-order valence-electron chi connectivity index (χ2n) is 3.08. The molecule has 3 nitrogen and oxygen atoms in total. The predicted molar refractivity (Wildman–Crippen MR) is 42.1 cm³/mol. The van der Waals surface area contributed by atoms with Crippen LogP contribution in [-0.4, -0.2) is 23.2 Å². The van der Waals surface area contributed by atoms with Crippen LogP contribution in [0.25, 0.3) is 0 Å². The van der Waals surface area contributed by atoms with Crippen LogP contribution in [0.15, 0.2) is 0 Å². The number of carbonyl (C=O) groups excluding carboxylic acids is 1. The number of hydrogen-bond donors (Lipinski definition) is 2. The Morgan fingerprint density at radius 3 is 2.82 bits per heavy atom. The Balaban J connectivity index is 2.23. The summed E-state index contributed by atoms with van der Waals surface area (Å²) in [5, 5.41) is 12.0. The number of carbonyl (C=O) groups is 1. The Morgan fingerprint density at radius 2 is 2.36 bits per heavy atom. The summed E-state index contributed by atoms with van der Waals surface area (Å²) in [6.45, 7) is 1.83. The molecule has 64 valence electrons. The summed E-state index contributed by atoms with van der Waals surface area (Å²) in [6.07, 6.45) is 2.82. The van der Waals surface area contributed by atoms with E-state index in [4.69, 9.17) is 5.11 Å². The Hall–Kier alpha value is -0.570. The van der Waals surface area contributed by atoms with Crippen LogP contribution in [-0.2, 0) is 4.79 Å². The van der Waals surface area contributed by atoms with Crippen LogP contribution in [0.3, 0.4) is 0 Å². The Bertz CT molecular complexity index is 147. The van der Waals surface area contributed by atoms with Crippen LogP contribution < -0.4 is 5.32 Å². The van der Waals surface area contributed by atoms with Gasteiger partial charge >= 0.3 is 0 Å². The van der Waals surface area contributed by atoms with E-state index in [9.17, 15) is 4.79 Å². The first kappa shape index (κ1) is 8.53. The van der Waals surface area contributed by atoms with Gasteiger partial charge < -0.3 is 10.4 Å². The first-order valence-electron chi connectivity index (χ1n) is 4.19. The Kier molecular flexibility index (Phi) is 2.88. The third-order valence-electron chi connectivity index (χ3n) is 2.09. The third kappa shape index (κ3) is 2.50. The largest absolute Gasteiger partial charge is 0.393 e. The van der Waals surface area contributed by atoms with Crippen molar-refractivity contribution in [2.75, 3.05) is 0 Å². The van der Waals surface area contributed by atoms with E-state index in [1.165, 1.54) is 0 Å². The zero-order valence-electron chi connectivity index (χ0n) is 6.84. The van der Waals surface area contributed by atoms with Crippen LogP contribution in [0.2, 0.25) is 0 Å². The molecule has 11 heavy (non-hydrogen) atoms. The van der Waals surface area contributed by atoms with Gasteiger partial charge in [-0.05, 0) is 19.3 Å². The van der Waals surface area contributed by atoms with Gasteiger partial charge in [0.25, 0.3) is 0 Å². The van der Waals surface area contributed by atoms with E-state index in [1.807, 2.05) is 6.92 Å². The lowest BCUT2D eigenvalue weighted by molar-refractivity contribution is -0.121. The fraction of sp³-hybridized carbons (Fsp3) is 0.875. The lowest BCUT2D eigenvalue weighted by atomic mass is 10.2. The Labute approximate surface area is 66.8 Å². The summed E-state index contributed by atoms with van der Waals surface area (Å²) in [7, 11) is 0. The SMILES string of the molecule is CCC(=O)NC1CCC(O)C1. The van der Waals surface area contributed by atoms with Gasteiger partial charge in [-0.2, -0.15) is 0 Å². The molecule has 2 unspecified atom stereocenters. The number of amides is 1. The maximum atomic E-state index is 10.9. The van der Waals surface area contributed by atoms with Crippen LogP contribution in [0, 0.1) is 0 Å². The molecule has 1 fully saturated rings. The van der Waals surface area contributed by atoms with Gasteiger partial charge in [-0.3, -0.25) is 4.79 Å². The number of aliphatic hydroxyl groups excluding tert-OH is 1. The lowest BCUT2D eigenvalue weighted by Gasteiger charge is -2.10. The highest BCUT2D eigenvalue weighted by Crippen LogP contribution is 2.18. The molecule has 1 saturated carbocycles. The zero-order valence-corrected chi connectivity index (χ0v) is 6.84. The van der Waals surface area contributed by atoms with Gasteiger partial charge in [-0.25, -0.2) is 0 Å². The van der Waals surface area contributed by atoms with Gasteiger partial charge in [0.15, 0.2) is 0 Å². The summed E-state index contributed by atoms with van der Waals surface area (Å²) in [4.78, 5) is 10.9. The molecule has 0 aromatic heterocycles. The lowest BCUT2D eigenvalue weighted by Crippen LogP contribution is -2.32. The highest BCUT2D eigenvalue weighted by molar-refractivity contribution is 5.75. The average Bonchev–Trinajstić information content (AvgIpc) is 2.35. The molecule has 2 N–H and O–H groups in total. The molecule has 1 rings (SSSR count). The summed E-state index contributed by atoms with van der Waals surface area (Å²) >= 11 is 0. The summed E-state index contributed by atoms with van der Waals surface area (Å²) in [6, 6.07) is 0.220. The van der Waals surface area contributed by atoms with Crippen LogP contribution in [0.4, 0.5) is 0 Å². The molecule has 0 aromatic carbocycles. The van der Waals surface area contributed by atoms with Gasteiger partial charge in [-0.1, -0.05) is 6.92 Å². The molecule has 2 atom stereocenters. The molecule has 0 aromatic rings. The van der Waals surface area contributed by atoms with E-state index in [1.54, 1.807) is 0 Å². The highest BCUT2D eigenvalue weighted by atomic mass is 16.3. The molecule has 0 heterocycles. The van der Waals surface area contributed by atoms with E-state index < -0.39 is 0 Å². The standard InChI is InChI=1S/C8H15NO2/c1-2-8(11)9-6-3-4-7(10)5-6/h6-7,10H,2-5H2,1H3,(H,9,11). The minimum Gasteiger partial charge on any atom is -0.393 e. The molecular formula is C8H15NO2. The van der Waals surface area contributed by atoms with Crippen molar-refractivity contribution in [2.45, 2.75) is 44.8 Å².